The van der Waals surface area contributed by atoms with Gasteiger partial charge in [-0.05, 0) is 12.2 Å². The van der Waals surface area contributed by atoms with Gasteiger partial charge in [0.1, 0.15) is 0 Å². The summed E-state index contributed by atoms with van der Waals surface area (Å²) in [6.45, 7) is 3.52. The fraction of sp³-hybridized carbons (Fsp3) is 0.667. The summed E-state index contributed by atoms with van der Waals surface area (Å²) in [5.41, 5.74) is 0. The molecule has 0 aromatic carbocycles. The topological polar surface area (TPSA) is 65.2 Å². The molecule has 4 N–H and O–H groups in total. The average molecular weight is 188 g/mol. The standard InChI is InChI=1S/C3H6N2O.C3H6N2S/c2*6-3-4-1-2-5-3/h2*1-2H2,(H2,4,5,6). The smallest absolute Gasteiger partial charge is 0.314 e. The SMILES string of the molecule is O=C1NCCN1.S=C1NCCN1. The predicted octanol–water partition coefficient (Wildman–Crippen LogP) is -1.24. The molecule has 2 amide bonds. The molecule has 0 spiro atoms. The third-order valence-corrected chi connectivity index (χ3v) is 1.68. The highest BCUT2D eigenvalue weighted by molar-refractivity contribution is 7.80. The van der Waals surface area contributed by atoms with Gasteiger partial charge in [-0.25, -0.2) is 4.79 Å². The van der Waals surface area contributed by atoms with E-state index in [4.69, 9.17) is 12.2 Å². The van der Waals surface area contributed by atoms with Gasteiger partial charge in [-0.2, -0.15) is 0 Å². The molecule has 2 saturated heterocycles. The van der Waals surface area contributed by atoms with Crippen molar-refractivity contribution >= 4 is 23.4 Å². The summed E-state index contributed by atoms with van der Waals surface area (Å²) < 4.78 is 0. The second-order valence-corrected chi connectivity index (χ2v) is 2.77. The van der Waals surface area contributed by atoms with Gasteiger partial charge in [0.2, 0.25) is 0 Å². The maximum absolute atomic E-state index is 10.0. The predicted molar refractivity (Wildman–Crippen MR) is 50.0 cm³/mol. The first kappa shape index (κ1) is 9.05. The number of rotatable bonds is 0. The normalized spacial score (nSPS) is 19.7. The van der Waals surface area contributed by atoms with E-state index in [2.05, 4.69) is 21.3 Å². The fourth-order valence-corrected chi connectivity index (χ4v) is 1.03. The third-order valence-electron chi connectivity index (χ3n) is 1.39. The Morgan fingerprint density at radius 2 is 1.33 bits per heavy atom. The van der Waals surface area contributed by atoms with Gasteiger partial charge in [0.25, 0.3) is 0 Å². The van der Waals surface area contributed by atoms with Crippen LogP contribution in [0.5, 0.6) is 0 Å². The highest BCUT2D eigenvalue weighted by atomic mass is 32.1. The first-order chi connectivity index (χ1) is 5.79. The van der Waals surface area contributed by atoms with Crippen molar-refractivity contribution < 1.29 is 4.79 Å². The third kappa shape index (κ3) is 3.38. The molecule has 2 fully saturated rings. The minimum Gasteiger partial charge on any atom is -0.361 e. The van der Waals surface area contributed by atoms with Crippen LogP contribution >= 0.6 is 12.2 Å². The lowest BCUT2D eigenvalue weighted by Crippen LogP contribution is -2.20. The molecule has 2 heterocycles. The van der Waals surface area contributed by atoms with Crippen LogP contribution in [0.25, 0.3) is 0 Å². The molecule has 0 aromatic heterocycles. The highest BCUT2D eigenvalue weighted by Crippen LogP contribution is 1.71. The summed E-state index contributed by atoms with van der Waals surface area (Å²) in [7, 11) is 0. The fourth-order valence-electron chi connectivity index (χ4n) is 0.829. The number of amides is 2. The molecule has 68 valence electrons. The Balaban J connectivity index is 0.000000120. The minimum atomic E-state index is -0.0463. The second kappa shape index (κ2) is 4.76. The number of hydrogen-bond acceptors (Lipinski definition) is 2. The molecule has 0 radical (unpaired) electrons. The molecule has 0 aromatic rings. The van der Waals surface area contributed by atoms with Crippen LogP contribution in [0.3, 0.4) is 0 Å². The van der Waals surface area contributed by atoms with Crippen LogP contribution in [0.15, 0.2) is 0 Å². The second-order valence-electron chi connectivity index (χ2n) is 2.37. The van der Waals surface area contributed by atoms with Gasteiger partial charge in [-0.3, -0.25) is 0 Å². The zero-order valence-electron chi connectivity index (χ0n) is 6.64. The molecule has 0 atom stereocenters. The molecular formula is C6H12N4OS. The molecule has 6 heteroatoms. The number of urea groups is 1. The quantitative estimate of drug-likeness (QED) is 0.359. The summed E-state index contributed by atoms with van der Waals surface area (Å²) in [4.78, 5) is 10.0. The Morgan fingerprint density at radius 3 is 1.50 bits per heavy atom. The van der Waals surface area contributed by atoms with Gasteiger partial charge in [0, 0.05) is 26.2 Å². The maximum atomic E-state index is 10.0. The van der Waals surface area contributed by atoms with Gasteiger partial charge >= 0.3 is 6.03 Å². The van der Waals surface area contributed by atoms with E-state index in [1.165, 1.54) is 0 Å². The van der Waals surface area contributed by atoms with Crippen LogP contribution in [-0.2, 0) is 0 Å². The number of carbonyl (C=O) groups excluding carboxylic acids is 1. The molecule has 12 heavy (non-hydrogen) atoms. The molecule has 2 aliphatic rings. The van der Waals surface area contributed by atoms with Gasteiger partial charge in [-0.15, -0.1) is 0 Å². The van der Waals surface area contributed by atoms with Gasteiger partial charge in [0.05, 0.1) is 0 Å². The van der Waals surface area contributed by atoms with Crippen LogP contribution in [0.2, 0.25) is 0 Å². The van der Waals surface area contributed by atoms with Crippen molar-refractivity contribution in [1.29, 1.82) is 0 Å². The van der Waals surface area contributed by atoms with Crippen LogP contribution < -0.4 is 21.3 Å². The van der Waals surface area contributed by atoms with Gasteiger partial charge in [0.15, 0.2) is 5.11 Å². The van der Waals surface area contributed by atoms with Crippen molar-refractivity contribution in [2.45, 2.75) is 0 Å². The maximum Gasteiger partial charge on any atom is 0.314 e. The van der Waals surface area contributed by atoms with E-state index in [-0.39, 0.29) is 6.03 Å². The first-order valence-corrected chi connectivity index (χ1v) is 4.23. The van der Waals surface area contributed by atoms with Crippen molar-refractivity contribution in [2.75, 3.05) is 26.2 Å². The average Bonchev–Trinajstić information content (AvgIpc) is 2.63. The number of thiocarbonyl (C=S) groups is 1. The van der Waals surface area contributed by atoms with Crippen LogP contribution in [0.4, 0.5) is 4.79 Å². The van der Waals surface area contributed by atoms with E-state index in [0.717, 1.165) is 31.3 Å². The summed E-state index contributed by atoms with van der Waals surface area (Å²) in [6.07, 6.45) is 0. The molecule has 2 rings (SSSR count). The molecule has 0 saturated carbocycles. The molecule has 2 aliphatic heterocycles. The first-order valence-electron chi connectivity index (χ1n) is 3.82. The summed E-state index contributed by atoms with van der Waals surface area (Å²) in [5.74, 6) is 0. The Morgan fingerprint density at radius 1 is 0.917 bits per heavy atom. The zero-order valence-corrected chi connectivity index (χ0v) is 7.46. The number of carbonyl (C=O) groups is 1. The summed E-state index contributed by atoms with van der Waals surface area (Å²) in [5, 5.41) is 11.8. The zero-order chi connectivity index (χ0) is 8.81. The summed E-state index contributed by atoms with van der Waals surface area (Å²) in [6, 6.07) is -0.0463. The lowest BCUT2D eigenvalue weighted by atomic mass is 10.7. The van der Waals surface area contributed by atoms with Gasteiger partial charge < -0.3 is 21.3 Å². The number of hydrogen-bond donors (Lipinski definition) is 4. The van der Waals surface area contributed by atoms with Crippen molar-refractivity contribution in [3.8, 4) is 0 Å². The Labute approximate surface area is 76.3 Å². The van der Waals surface area contributed by atoms with E-state index >= 15 is 0 Å². The molecular weight excluding hydrogens is 176 g/mol. The van der Waals surface area contributed by atoms with E-state index in [1.54, 1.807) is 0 Å². The molecule has 5 nitrogen and oxygen atoms in total. The lowest BCUT2D eigenvalue weighted by molar-refractivity contribution is 0.248. The van der Waals surface area contributed by atoms with Crippen LogP contribution in [0.1, 0.15) is 0 Å². The largest absolute Gasteiger partial charge is 0.361 e. The Kier molecular flexibility index (Phi) is 3.59. The minimum absolute atomic E-state index is 0.0463. The molecule has 0 aliphatic carbocycles. The van der Waals surface area contributed by atoms with Crippen LogP contribution in [0, 0.1) is 0 Å². The van der Waals surface area contributed by atoms with Crippen LogP contribution in [-0.4, -0.2) is 37.3 Å². The Bertz CT molecular complexity index is 148. The van der Waals surface area contributed by atoms with E-state index < -0.39 is 0 Å². The molecule has 0 unspecified atom stereocenters. The van der Waals surface area contributed by atoms with Crippen molar-refractivity contribution in [3.05, 3.63) is 0 Å². The lowest BCUT2D eigenvalue weighted by Gasteiger charge is -1.85. The highest BCUT2D eigenvalue weighted by Gasteiger charge is 2.03. The van der Waals surface area contributed by atoms with Gasteiger partial charge in [-0.1, -0.05) is 0 Å². The Hall–Kier alpha value is -1.04. The van der Waals surface area contributed by atoms with Crippen molar-refractivity contribution in [1.82, 2.24) is 21.3 Å². The van der Waals surface area contributed by atoms with E-state index in [1.807, 2.05) is 0 Å². The molecule has 0 bridgehead atoms. The van der Waals surface area contributed by atoms with E-state index in [9.17, 15) is 4.79 Å². The van der Waals surface area contributed by atoms with E-state index in [0.29, 0.717) is 0 Å². The van der Waals surface area contributed by atoms with Crippen molar-refractivity contribution in [3.63, 3.8) is 0 Å². The van der Waals surface area contributed by atoms with Crippen molar-refractivity contribution in [2.24, 2.45) is 0 Å². The summed E-state index contributed by atoms with van der Waals surface area (Å²) >= 11 is 4.70. The monoisotopic (exact) mass is 188 g/mol. The number of nitrogens with one attached hydrogen (secondary N) is 4.